The summed E-state index contributed by atoms with van der Waals surface area (Å²) in [7, 11) is 0. The second-order valence-electron chi connectivity index (χ2n) is 6.36. The molecule has 0 saturated carbocycles. The molecule has 1 saturated heterocycles. The van der Waals surface area contributed by atoms with Crippen molar-refractivity contribution in [2.45, 2.75) is 25.8 Å². The number of nitrogens with two attached hydrogens (primary N) is 1. The van der Waals surface area contributed by atoms with Crippen LogP contribution >= 0.6 is 11.6 Å². The molecule has 1 aromatic heterocycles. The molecule has 27 heavy (non-hydrogen) atoms. The first kappa shape index (κ1) is 18.8. The lowest BCUT2D eigenvalue weighted by molar-refractivity contribution is -0.117. The number of halogens is 1. The van der Waals surface area contributed by atoms with E-state index >= 15 is 0 Å². The van der Waals surface area contributed by atoms with Gasteiger partial charge in [0.1, 0.15) is 5.69 Å². The molecule has 1 aliphatic heterocycles. The smallest absolute Gasteiger partial charge is 0.271 e. The van der Waals surface area contributed by atoms with Gasteiger partial charge in [-0.15, -0.1) is 0 Å². The Morgan fingerprint density at radius 1 is 1.33 bits per heavy atom. The van der Waals surface area contributed by atoms with E-state index in [2.05, 4.69) is 10.3 Å². The van der Waals surface area contributed by atoms with E-state index in [1.54, 1.807) is 4.90 Å². The molecule has 3 amide bonds. The lowest BCUT2D eigenvalue weighted by atomic mass is 10.1. The number of hydrogen-bond acceptors (Lipinski definition) is 4. The SMILES string of the molecule is CC(NC(=O)c1ncc(C(N)=O)cc1Cl)c1cccc(N2CCCC2=O)c1. The quantitative estimate of drug-likeness (QED) is 0.823. The van der Waals surface area contributed by atoms with Crippen molar-refractivity contribution in [2.24, 2.45) is 5.73 Å². The highest BCUT2D eigenvalue weighted by Gasteiger charge is 2.23. The maximum atomic E-state index is 12.5. The molecule has 140 valence electrons. The number of anilines is 1. The van der Waals surface area contributed by atoms with Gasteiger partial charge in [-0.3, -0.25) is 14.4 Å². The molecule has 3 rings (SSSR count). The summed E-state index contributed by atoms with van der Waals surface area (Å²) in [5.41, 5.74) is 6.99. The average molecular weight is 387 g/mol. The van der Waals surface area contributed by atoms with Crippen molar-refractivity contribution >= 4 is 35.0 Å². The average Bonchev–Trinajstić information content (AvgIpc) is 3.07. The summed E-state index contributed by atoms with van der Waals surface area (Å²) >= 11 is 6.05. The molecule has 1 atom stereocenters. The van der Waals surface area contributed by atoms with Crippen LogP contribution in [0.5, 0.6) is 0 Å². The molecule has 0 bridgehead atoms. The number of rotatable bonds is 5. The Hall–Kier alpha value is -2.93. The Bertz CT molecular complexity index is 916. The van der Waals surface area contributed by atoms with Crippen molar-refractivity contribution in [2.75, 3.05) is 11.4 Å². The van der Waals surface area contributed by atoms with Crippen LogP contribution in [0.25, 0.3) is 0 Å². The van der Waals surface area contributed by atoms with Crippen LogP contribution in [0.3, 0.4) is 0 Å². The molecule has 1 unspecified atom stereocenters. The molecule has 1 fully saturated rings. The topological polar surface area (TPSA) is 105 Å². The Balaban J connectivity index is 1.75. The zero-order chi connectivity index (χ0) is 19.6. The van der Waals surface area contributed by atoms with Crippen LogP contribution < -0.4 is 16.0 Å². The summed E-state index contributed by atoms with van der Waals surface area (Å²) in [6.45, 7) is 2.53. The minimum absolute atomic E-state index is 0.0133. The number of nitrogens with zero attached hydrogens (tertiary/aromatic N) is 2. The highest BCUT2D eigenvalue weighted by atomic mass is 35.5. The summed E-state index contributed by atoms with van der Waals surface area (Å²) in [5, 5.41) is 2.87. The Kier molecular flexibility index (Phi) is 5.41. The van der Waals surface area contributed by atoms with Gasteiger partial charge in [0.05, 0.1) is 16.6 Å². The van der Waals surface area contributed by atoms with Crippen LogP contribution in [0, 0.1) is 0 Å². The summed E-state index contributed by atoms with van der Waals surface area (Å²) in [6.07, 6.45) is 2.62. The molecular weight excluding hydrogens is 368 g/mol. The van der Waals surface area contributed by atoms with Crippen molar-refractivity contribution in [1.82, 2.24) is 10.3 Å². The maximum Gasteiger partial charge on any atom is 0.271 e. The fourth-order valence-corrected chi connectivity index (χ4v) is 3.22. The molecule has 0 aliphatic carbocycles. The fraction of sp³-hybridized carbons (Fsp3) is 0.263. The Labute approximate surface area is 161 Å². The second-order valence-corrected chi connectivity index (χ2v) is 6.76. The van der Waals surface area contributed by atoms with Crippen molar-refractivity contribution < 1.29 is 14.4 Å². The lowest BCUT2D eigenvalue weighted by Crippen LogP contribution is -2.28. The van der Waals surface area contributed by atoms with Gasteiger partial charge in [0, 0.05) is 24.8 Å². The molecule has 3 N–H and O–H groups in total. The van der Waals surface area contributed by atoms with E-state index in [1.165, 1.54) is 12.3 Å². The molecule has 1 aromatic carbocycles. The standard InChI is InChI=1S/C19H19ClN4O3/c1-11(12-4-2-5-14(8-12)24-7-3-6-16(24)25)23-19(27)17-15(20)9-13(10-22-17)18(21)26/h2,4-5,8-11H,3,6-7H2,1H3,(H2,21,26)(H,23,27). The van der Waals surface area contributed by atoms with E-state index < -0.39 is 11.8 Å². The predicted octanol–water partition coefficient (Wildman–Crippen LogP) is 2.45. The van der Waals surface area contributed by atoms with Crippen molar-refractivity contribution in [3.05, 3.63) is 58.4 Å². The molecular formula is C19H19ClN4O3. The number of carbonyl (C=O) groups is 3. The van der Waals surface area contributed by atoms with Crippen molar-refractivity contribution in [3.63, 3.8) is 0 Å². The molecule has 7 nitrogen and oxygen atoms in total. The van der Waals surface area contributed by atoms with Crippen LogP contribution in [-0.4, -0.2) is 29.3 Å². The zero-order valence-electron chi connectivity index (χ0n) is 14.7. The minimum atomic E-state index is -0.669. The van der Waals surface area contributed by atoms with E-state index in [0.717, 1.165) is 17.7 Å². The Morgan fingerprint density at radius 2 is 2.11 bits per heavy atom. The van der Waals surface area contributed by atoms with E-state index in [1.807, 2.05) is 31.2 Å². The second kappa shape index (κ2) is 7.75. The fourth-order valence-electron chi connectivity index (χ4n) is 2.97. The lowest BCUT2D eigenvalue weighted by Gasteiger charge is -2.19. The third-order valence-electron chi connectivity index (χ3n) is 4.44. The van der Waals surface area contributed by atoms with E-state index in [9.17, 15) is 14.4 Å². The van der Waals surface area contributed by atoms with Gasteiger partial charge in [-0.05, 0) is 37.1 Å². The van der Waals surface area contributed by atoms with Crippen molar-refractivity contribution in [3.8, 4) is 0 Å². The van der Waals surface area contributed by atoms with Gasteiger partial charge >= 0.3 is 0 Å². The largest absolute Gasteiger partial charge is 0.366 e. The number of amides is 3. The van der Waals surface area contributed by atoms with Crippen LogP contribution in [0.2, 0.25) is 5.02 Å². The maximum absolute atomic E-state index is 12.5. The summed E-state index contributed by atoms with van der Waals surface area (Å²) < 4.78 is 0. The summed E-state index contributed by atoms with van der Waals surface area (Å²) in [4.78, 5) is 41.3. The minimum Gasteiger partial charge on any atom is -0.366 e. The summed E-state index contributed by atoms with van der Waals surface area (Å²) in [6, 6.07) is 8.48. The highest BCUT2D eigenvalue weighted by Crippen LogP contribution is 2.25. The normalized spacial score (nSPS) is 14.9. The van der Waals surface area contributed by atoms with Gasteiger partial charge in [-0.1, -0.05) is 23.7 Å². The summed E-state index contributed by atoms with van der Waals surface area (Å²) in [5.74, 6) is -1.03. The van der Waals surface area contributed by atoms with Gasteiger partial charge in [-0.25, -0.2) is 4.98 Å². The molecule has 1 aliphatic rings. The molecule has 2 aromatic rings. The van der Waals surface area contributed by atoms with Gasteiger partial charge in [-0.2, -0.15) is 0 Å². The third-order valence-corrected chi connectivity index (χ3v) is 4.73. The van der Waals surface area contributed by atoms with Gasteiger partial charge in [0.15, 0.2) is 0 Å². The van der Waals surface area contributed by atoms with Crippen LogP contribution in [0.15, 0.2) is 36.5 Å². The van der Waals surface area contributed by atoms with Crippen LogP contribution in [-0.2, 0) is 4.79 Å². The zero-order valence-corrected chi connectivity index (χ0v) is 15.5. The number of primary amides is 1. The number of aromatic nitrogens is 1. The number of pyridine rings is 1. The number of nitrogens with one attached hydrogen (secondary N) is 1. The number of benzene rings is 1. The van der Waals surface area contributed by atoms with E-state index in [0.29, 0.717) is 13.0 Å². The molecule has 0 spiro atoms. The van der Waals surface area contributed by atoms with Crippen LogP contribution in [0.4, 0.5) is 5.69 Å². The van der Waals surface area contributed by atoms with E-state index in [4.69, 9.17) is 17.3 Å². The first-order valence-corrected chi connectivity index (χ1v) is 8.91. The number of hydrogen-bond donors (Lipinski definition) is 2. The van der Waals surface area contributed by atoms with Crippen LogP contribution in [0.1, 0.15) is 52.2 Å². The number of carbonyl (C=O) groups excluding carboxylic acids is 3. The first-order chi connectivity index (χ1) is 12.9. The Morgan fingerprint density at radius 3 is 2.74 bits per heavy atom. The molecule has 8 heteroatoms. The van der Waals surface area contributed by atoms with Gasteiger partial charge in [0.2, 0.25) is 11.8 Å². The first-order valence-electron chi connectivity index (χ1n) is 8.53. The monoisotopic (exact) mass is 386 g/mol. The van der Waals surface area contributed by atoms with Gasteiger partial charge in [0.25, 0.3) is 5.91 Å². The van der Waals surface area contributed by atoms with E-state index in [-0.39, 0.29) is 28.2 Å². The highest BCUT2D eigenvalue weighted by molar-refractivity contribution is 6.33. The van der Waals surface area contributed by atoms with Gasteiger partial charge < -0.3 is 16.0 Å². The predicted molar refractivity (Wildman–Crippen MR) is 102 cm³/mol. The third kappa shape index (κ3) is 4.09. The molecule has 0 radical (unpaired) electrons. The van der Waals surface area contributed by atoms with Crippen molar-refractivity contribution in [1.29, 1.82) is 0 Å². The molecule has 2 heterocycles.